The summed E-state index contributed by atoms with van der Waals surface area (Å²) in [5, 5.41) is 0.881. The second-order valence-corrected chi connectivity index (χ2v) is 12.1. The summed E-state index contributed by atoms with van der Waals surface area (Å²) in [6, 6.07) is 50.3. The van der Waals surface area contributed by atoms with E-state index in [1.54, 1.807) is 5.98 Å². The molecule has 0 amide bonds. The van der Waals surface area contributed by atoms with Crippen LogP contribution < -0.4 is 9.92 Å². The Kier molecular flexibility index (Phi) is 11.4. The molecule has 6 rings (SSSR count). The first-order chi connectivity index (χ1) is 22.2. The fourth-order valence-electron chi connectivity index (χ4n) is 5.29. The minimum atomic E-state index is -0.374. The molecular weight excluding hydrogens is 563 g/mol. The lowest BCUT2D eigenvalue weighted by atomic mass is 9.92. The van der Waals surface area contributed by atoms with Crippen molar-refractivity contribution < 1.29 is 4.74 Å². The highest BCUT2D eigenvalue weighted by molar-refractivity contribution is 6.57. The van der Waals surface area contributed by atoms with Crippen molar-refractivity contribution in [2.24, 2.45) is 0 Å². The largest absolute Gasteiger partial charge is 0.494 e. The molecule has 220 valence electrons. The SMILES string of the molecule is CCCCOc1cccc([Si]C(c2ccccc2)(c2ccccc2)n2ccnc2)c1.[B]C=C(c1ccccc1)c1ccccc1. The molecule has 0 N–H and O–H groups in total. The normalized spacial score (nSPS) is 10.8. The summed E-state index contributed by atoms with van der Waals surface area (Å²) in [5.41, 5.74) is 5.84. The van der Waals surface area contributed by atoms with E-state index in [4.69, 9.17) is 12.6 Å². The zero-order valence-corrected chi connectivity index (χ0v) is 26.7. The van der Waals surface area contributed by atoms with Gasteiger partial charge in [0.1, 0.15) is 23.1 Å². The molecule has 3 nitrogen and oxygen atoms in total. The predicted octanol–water partition coefficient (Wildman–Crippen LogP) is 8.09. The van der Waals surface area contributed by atoms with Gasteiger partial charge in [-0.25, -0.2) is 4.98 Å². The Morgan fingerprint density at radius 1 is 0.756 bits per heavy atom. The van der Waals surface area contributed by atoms with Gasteiger partial charge in [-0.3, -0.25) is 0 Å². The second kappa shape index (κ2) is 16.3. The van der Waals surface area contributed by atoms with Gasteiger partial charge in [-0.1, -0.05) is 152 Å². The van der Waals surface area contributed by atoms with Crippen LogP contribution in [0.1, 0.15) is 42.0 Å². The Morgan fingerprint density at radius 3 is 1.80 bits per heavy atom. The number of hydrogen-bond donors (Lipinski definition) is 0. The number of hydrogen-bond acceptors (Lipinski definition) is 2. The number of nitrogens with zero attached hydrogens (tertiary/aromatic N) is 2. The highest BCUT2D eigenvalue weighted by atomic mass is 28.2. The van der Waals surface area contributed by atoms with Crippen molar-refractivity contribution in [1.29, 1.82) is 0 Å². The molecule has 0 bridgehead atoms. The summed E-state index contributed by atoms with van der Waals surface area (Å²) in [4.78, 5) is 4.39. The van der Waals surface area contributed by atoms with Gasteiger partial charge in [0.25, 0.3) is 0 Å². The van der Waals surface area contributed by atoms with Gasteiger partial charge in [0, 0.05) is 12.4 Å². The maximum atomic E-state index is 5.99. The van der Waals surface area contributed by atoms with Crippen molar-refractivity contribution in [2.75, 3.05) is 6.61 Å². The predicted molar refractivity (Wildman–Crippen MR) is 189 cm³/mol. The molecule has 45 heavy (non-hydrogen) atoms. The Labute approximate surface area is 271 Å². The number of unbranched alkanes of at least 4 members (excludes halogenated alkanes) is 1. The molecule has 0 spiro atoms. The molecule has 1 heterocycles. The average Bonchev–Trinajstić information content (AvgIpc) is 3.66. The molecular formula is C40H37BN2OSi. The van der Waals surface area contributed by atoms with Crippen LogP contribution in [0.15, 0.2) is 170 Å². The van der Waals surface area contributed by atoms with Gasteiger partial charge in [-0.15, -0.1) is 5.98 Å². The number of imidazole rings is 1. The van der Waals surface area contributed by atoms with E-state index in [1.165, 1.54) is 16.3 Å². The van der Waals surface area contributed by atoms with Crippen molar-refractivity contribution in [3.05, 3.63) is 193 Å². The molecule has 0 atom stereocenters. The molecule has 6 aromatic rings. The first-order valence-corrected chi connectivity index (χ1v) is 16.4. The van der Waals surface area contributed by atoms with Gasteiger partial charge in [0.05, 0.1) is 18.1 Å². The van der Waals surface area contributed by atoms with E-state index in [2.05, 4.69) is 126 Å². The van der Waals surface area contributed by atoms with Gasteiger partial charge in [-0.2, -0.15) is 0 Å². The van der Waals surface area contributed by atoms with Gasteiger partial charge >= 0.3 is 0 Å². The monoisotopic (exact) mass is 600 g/mol. The summed E-state index contributed by atoms with van der Waals surface area (Å²) >= 11 is 0. The summed E-state index contributed by atoms with van der Waals surface area (Å²) in [6.45, 7) is 2.94. The molecule has 5 aromatic carbocycles. The van der Waals surface area contributed by atoms with E-state index in [-0.39, 0.29) is 5.16 Å². The molecule has 0 aliphatic rings. The van der Waals surface area contributed by atoms with Crippen LogP contribution in [0.2, 0.25) is 0 Å². The van der Waals surface area contributed by atoms with Crippen molar-refractivity contribution in [1.82, 2.24) is 9.55 Å². The Morgan fingerprint density at radius 2 is 1.31 bits per heavy atom. The average molecular weight is 601 g/mol. The van der Waals surface area contributed by atoms with E-state index >= 15 is 0 Å². The zero-order chi connectivity index (χ0) is 31.2. The van der Waals surface area contributed by atoms with Crippen LogP contribution in [0.4, 0.5) is 0 Å². The smallest absolute Gasteiger partial charge is 0.128 e. The third kappa shape index (κ3) is 8.00. The molecule has 0 aliphatic carbocycles. The van der Waals surface area contributed by atoms with Crippen molar-refractivity contribution in [2.45, 2.75) is 24.9 Å². The van der Waals surface area contributed by atoms with E-state index < -0.39 is 0 Å². The van der Waals surface area contributed by atoms with Crippen molar-refractivity contribution in [3.63, 3.8) is 0 Å². The minimum absolute atomic E-state index is 0.374. The number of benzene rings is 5. The van der Waals surface area contributed by atoms with E-state index in [1.807, 2.05) is 55.0 Å². The Hall–Kier alpha value is -4.87. The lowest BCUT2D eigenvalue weighted by Crippen LogP contribution is -2.46. The molecule has 0 saturated heterocycles. The number of ether oxygens (including phenoxy) is 1. The van der Waals surface area contributed by atoms with Crippen LogP contribution in [0, 0.1) is 0 Å². The fourth-order valence-corrected chi connectivity index (χ4v) is 6.99. The maximum absolute atomic E-state index is 5.99. The zero-order valence-electron chi connectivity index (χ0n) is 25.7. The van der Waals surface area contributed by atoms with Gasteiger partial charge in [0.2, 0.25) is 0 Å². The van der Waals surface area contributed by atoms with Gasteiger partial charge < -0.3 is 9.30 Å². The Bertz CT molecular complexity index is 1640. The molecule has 4 radical (unpaired) electrons. The topological polar surface area (TPSA) is 27.1 Å². The summed E-state index contributed by atoms with van der Waals surface area (Å²) in [5.74, 6) is 2.60. The van der Waals surface area contributed by atoms with E-state index in [0.29, 0.717) is 9.52 Å². The number of aromatic nitrogens is 2. The molecule has 0 aliphatic heterocycles. The van der Waals surface area contributed by atoms with Crippen LogP contribution in [0.5, 0.6) is 5.75 Å². The molecule has 0 unspecified atom stereocenters. The standard InChI is InChI=1S/C26H26N2OSi.C14H11B/c1-2-3-19-29-24-15-10-16-25(20-24)30-26(28-18-17-27-21-28,22-11-6-4-7-12-22)23-13-8-5-9-14-23;15-11-14(12-7-3-1-4-8-12)13-9-5-2-6-10-13/h4-18,20-21H,2-3,19H2,1H3;1-11H. The molecule has 5 heteroatoms. The summed E-state index contributed by atoms with van der Waals surface area (Å²) < 4.78 is 8.23. The van der Waals surface area contributed by atoms with Gasteiger partial charge in [-0.05, 0) is 46.4 Å². The lowest BCUT2D eigenvalue weighted by molar-refractivity contribution is 0.309. The third-order valence-corrected chi connectivity index (χ3v) is 9.33. The minimum Gasteiger partial charge on any atom is -0.494 e. The van der Waals surface area contributed by atoms with E-state index in [9.17, 15) is 0 Å². The highest BCUT2D eigenvalue weighted by Gasteiger charge is 2.37. The Balaban J connectivity index is 0.000000223. The van der Waals surface area contributed by atoms with Crippen LogP contribution in [-0.4, -0.2) is 33.5 Å². The number of rotatable bonds is 11. The van der Waals surface area contributed by atoms with E-state index in [0.717, 1.165) is 41.9 Å². The molecule has 1 aromatic heterocycles. The van der Waals surface area contributed by atoms with Crippen LogP contribution in [-0.2, 0) is 5.16 Å². The van der Waals surface area contributed by atoms with Crippen LogP contribution >= 0.6 is 0 Å². The molecule has 0 saturated carbocycles. The first kappa shape index (κ1) is 31.6. The van der Waals surface area contributed by atoms with Crippen LogP contribution in [0.25, 0.3) is 5.57 Å². The second-order valence-electron chi connectivity index (χ2n) is 10.6. The fraction of sp³-hybridized carbons (Fsp3) is 0.125. The molecule has 0 fully saturated rings. The van der Waals surface area contributed by atoms with Gasteiger partial charge in [0.15, 0.2) is 0 Å². The maximum Gasteiger partial charge on any atom is 0.128 e. The first-order valence-electron chi connectivity index (χ1n) is 15.4. The van der Waals surface area contributed by atoms with Crippen molar-refractivity contribution in [3.8, 4) is 5.75 Å². The third-order valence-electron chi connectivity index (χ3n) is 7.54. The quantitative estimate of drug-likeness (QED) is 0.111. The lowest BCUT2D eigenvalue weighted by Gasteiger charge is -2.36. The van der Waals surface area contributed by atoms with Crippen molar-refractivity contribution >= 4 is 28.1 Å². The summed E-state index contributed by atoms with van der Waals surface area (Å²) in [6.07, 6.45) is 8.05. The highest BCUT2D eigenvalue weighted by Crippen LogP contribution is 2.33. The van der Waals surface area contributed by atoms with Crippen LogP contribution in [0.3, 0.4) is 0 Å². The summed E-state index contributed by atoms with van der Waals surface area (Å²) in [7, 11) is 6.13.